The Bertz CT molecular complexity index is 433. The van der Waals surface area contributed by atoms with Crippen LogP contribution < -0.4 is 5.73 Å². The first-order valence-electron chi connectivity index (χ1n) is 5.72. The molecule has 0 bridgehead atoms. The third kappa shape index (κ3) is 11.4. The van der Waals surface area contributed by atoms with E-state index in [2.05, 4.69) is 0 Å². The van der Waals surface area contributed by atoms with Crippen LogP contribution in [0.4, 0.5) is 0 Å². The van der Waals surface area contributed by atoms with Gasteiger partial charge in [-0.1, -0.05) is 30.3 Å². The summed E-state index contributed by atoms with van der Waals surface area (Å²) in [6, 6.07) is 9.39. The van der Waals surface area contributed by atoms with E-state index in [1.54, 1.807) is 0 Å². The molecule has 110 valence electrons. The smallest absolute Gasteiger partial charge is 0.461 e. The van der Waals surface area contributed by atoms with Crippen LogP contribution >= 0.6 is 8.25 Å². The normalized spacial score (nSPS) is 9.15. The number of nitrogens with two attached hydrogens (primary N) is 1. The van der Waals surface area contributed by atoms with Crippen molar-refractivity contribution in [1.82, 2.24) is 0 Å². The van der Waals surface area contributed by atoms with E-state index in [1.165, 1.54) is 0 Å². The van der Waals surface area contributed by atoms with E-state index < -0.39 is 8.25 Å². The molecule has 4 N–H and O–H groups in total. The number of rotatable bonds is 6. The lowest BCUT2D eigenvalue weighted by atomic mass is 10.2. The lowest BCUT2D eigenvalue weighted by Gasteiger charge is -2.04. The summed E-state index contributed by atoms with van der Waals surface area (Å²) in [7, 11) is -2.87. The Morgan fingerprint density at radius 3 is 2.20 bits per heavy atom. The number of Topliss-reactive ketones (excluding diaryl/α,β-unsaturated/α-hetero) is 1. The molecule has 0 saturated carbocycles. The van der Waals surface area contributed by atoms with Crippen LogP contribution in [-0.2, 0) is 25.5 Å². The molecular formula is C12H17NO6P+. The Morgan fingerprint density at radius 2 is 1.70 bits per heavy atom. The van der Waals surface area contributed by atoms with Crippen LogP contribution in [0.3, 0.4) is 0 Å². The molecule has 1 aromatic rings. The zero-order chi connectivity index (χ0) is 15.4. The summed E-state index contributed by atoms with van der Waals surface area (Å²) in [5, 5.41) is 0. The Labute approximate surface area is 117 Å². The standard InChI is InChI=1S/C12H15NO3.HO3P/c13-8-11(14)6-7-12(15)16-9-10-4-2-1-3-5-10;1-4(2)3/h1-5H,6-9,13H2;(H-,1,2,3)/p+1. The molecule has 0 radical (unpaired) electrons. The highest BCUT2D eigenvalue weighted by atomic mass is 31.1. The van der Waals surface area contributed by atoms with Gasteiger partial charge in [0, 0.05) is 11.0 Å². The van der Waals surface area contributed by atoms with Crippen molar-refractivity contribution in [2.24, 2.45) is 5.73 Å². The molecule has 0 fully saturated rings. The van der Waals surface area contributed by atoms with Crippen LogP contribution in [0, 0.1) is 0 Å². The van der Waals surface area contributed by atoms with Gasteiger partial charge in [-0.05, 0) is 5.56 Å². The number of benzene rings is 1. The van der Waals surface area contributed by atoms with E-state index in [0.29, 0.717) is 0 Å². The van der Waals surface area contributed by atoms with E-state index in [9.17, 15) is 9.59 Å². The van der Waals surface area contributed by atoms with Crippen molar-refractivity contribution >= 4 is 20.0 Å². The Balaban J connectivity index is 0.000000796. The second-order valence-electron chi connectivity index (χ2n) is 3.64. The van der Waals surface area contributed by atoms with Crippen molar-refractivity contribution in [2.75, 3.05) is 6.54 Å². The molecule has 0 unspecified atom stereocenters. The molecule has 1 aromatic carbocycles. The predicted octanol–water partition coefficient (Wildman–Crippen LogP) is 0.666. The van der Waals surface area contributed by atoms with Crippen LogP contribution in [0.15, 0.2) is 30.3 Å². The van der Waals surface area contributed by atoms with E-state index >= 15 is 0 Å². The number of hydrogen-bond donors (Lipinski definition) is 3. The lowest BCUT2D eigenvalue weighted by Crippen LogP contribution is -2.15. The van der Waals surface area contributed by atoms with E-state index in [1.807, 2.05) is 30.3 Å². The largest absolute Gasteiger partial charge is 0.692 e. The molecule has 0 aliphatic heterocycles. The van der Waals surface area contributed by atoms with Gasteiger partial charge in [-0.25, -0.2) is 0 Å². The zero-order valence-corrected chi connectivity index (χ0v) is 11.7. The van der Waals surface area contributed by atoms with Gasteiger partial charge in [0.1, 0.15) is 12.4 Å². The molecule has 0 aliphatic rings. The summed E-state index contributed by atoms with van der Waals surface area (Å²) in [6.07, 6.45) is 0.257. The second kappa shape index (κ2) is 11.2. The average molecular weight is 302 g/mol. The van der Waals surface area contributed by atoms with Crippen molar-refractivity contribution in [3.63, 3.8) is 0 Å². The first kappa shape index (κ1) is 18.3. The molecular weight excluding hydrogens is 285 g/mol. The van der Waals surface area contributed by atoms with Gasteiger partial charge in [-0.15, -0.1) is 9.79 Å². The first-order chi connectivity index (χ1) is 9.45. The van der Waals surface area contributed by atoms with Crippen LogP contribution in [0.2, 0.25) is 0 Å². The predicted molar refractivity (Wildman–Crippen MR) is 71.6 cm³/mol. The summed E-state index contributed by atoms with van der Waals surface area (Å²) in [5.41, 5.74) is 6.05. The van der Waals surface area contributed by atoms with Gasteiger partial charge in [-0.3, -0.25) is 9.59 Å². The van der Waals surface area contributed by atoms with Crippen LogP contribution in [-0.4, -0.2) is 28.1 Å². The fraction of sp³-hybridized carbons (Fsp3) is 0.333. The number of hydrogen-bond acceptors (Lipinski definition) is 5. The first-order valence-corrected chi connectivity index (χ1v) is 6.88. The lowest BCUT2D eigenvalue weighted by molar-refractivity contribution is -0.146. The van der Waals surface area contributed by atoms with Gasteiger partial charge < -0.3 is 10.5 Å². The molecule has 7 nitrogen and oxygen atoms in total. The Kier molecular flexibility index (Phi) is 10.3. The molecule has 0 heterocycles. The van der Waals surface area contributed by atoms with E-state index in [-0.39, 0.29) is 37.7 Å². The highest BCUT2D eigenvalue weighted by molar-refractivity contribution is 7.30. The number of esters is 1. The quantitative estimate of drug-likeness (QED) is 0.520. The van der Waals surface area contributed by atoms with Gasteiger partial charge in [0.2, 0.25) is 0 Å². The SMILES string of the molecule is NCC(=O)CCC(=O)OCc1ccccc1.O=[P+](O)O. The van der Waals surface area contributed by atoms with Gasteiger partial charge in [0.25, 0.3) is 0 Å². The minimum atomic E-state index is -2.87. The topological polar surface area (TPSA) is 127 Å². The van der Waals surface area contributed by atoms with Crippen LogP contribution in [0.25, 0.3) is 0 Å². The van der Waals surface area contributed by atoms with Crippen LogP contribution in [0.1, 0.15) is 18.4 Å². The number of carbonyl (C=O) groups excluding carboxylic acids is 2. The van der Waals surface area contributed by atoms with Crippen molar-refractivity contribution in [3.05, 3.63) is 35.9 Å². The van der Waals surface area contributed by atoms with Gasteiger partial charge in [0.15, 0.2) is 0 Å². The summed E-state index contributed by atoms with van der Waals surface area (Å²) in [5.74, 6) is -0.498. The molecule has 20 heavy (non-hydrogen) atoms. The summed E-state index contributed by atoms with van der Waals surface area (Å²) < 4.78 is 13.7. The second-order valence-corrected chi connectivity index (χ2v) is 4.15. The van der Waals surface area contributed by atoms with E-state index in [4.69, 9.17) is 24.8 Å². The minimum Gasteiger partial charge on any atom is -0.461 e. The van der Waals surface area contributed by atoms with Gasteiger partial charge in [-0.2, -0.15) is 0 Å². The highest BCUT2D eigenvalue weighted by Crippen LogP contribution is 2.02. The van der Waals surface area contributed by atoms with Crippen LogP contribution in [0.5, 0.6) is 0 Å². The maximum Gasteiger partial charge on any atom is 0.692 e. The molecule has 0 spiro atoms. The van der Waals surface area contributed by atoms with Crippen molar-refractivity contribution in [1.29, 1.82) is 0 Å². The third-order valence-corrected chi connectivity index (χ3v) is 2.08. The molecule has 1 rings (SSSR count). The zero-order valence-electron chi connectivity index (χ0n) is 10.8. The van der Waals surface area contributed by atoms with Crippen molar-refractivity contribution in [2.45, 2.75) is 19.4 Å². The molecule has 0 atom stereocenters. The van der Waals surface area contributed by atoms with Gasteiger partial charge in [0.05, 0.1) is 13.0 Å². The van der Waals surface area contributed by atoms with Crippen molar-refractivity contribution in [3.8, 4) is 0 Å². The molecule has 0 aliphatic carbocycles. The van der Waals surface area contributed by atoms with Crippen molar-refractivity contribution < 1.29 is 28.7 Å². The third-order valence-electron chi connectivity index (χ3n) is 2.08. The molecule has 8 heteroatoms. The summed E-state index contributed by atoms with van der Waals surface area (Å²) in [6.45, 7) is 0.225. The van der Waals surface area contributed by atoms with Gasteiger partial charge >= 0.3 is 14.2 Å². The minimum absolute atomic E-state index is 0.0219. The highest BCUT2D eigenvalue weighted by Gasteiger charge is 2.06. The fourth-order valence-corrected chi connectivity index (χ4v) is 1.15. The Morgan fingerprint density at radius 1 is 1.15 bits per heavy atom. The molecule has 0 amide bonds. The average Bonchev–Trinajstić information content (AvgIpc) is 2.43. The molecule has 0 aromatic heterocycles. The summed E-state index contributed by atoms with van der Waals surface area (Å²) >= 11 is 0. The molecule has 0 saturated heterocycles. The monoisotopic (exact) mass is 302 g/mol. The maximum atomic E-state index is 11.2. The number of ketones is 1. The maximum absolute atomic E-state index is 11.2. The fourth-order valence-electron chi connectivity index (χ4n) is 1.15. The summed E-state index contributed by atoms with van der Waals surface area (Å²) in [4.78, 5) is 36.3. The van der Waals surface area contributed by atoms with E-state index in [0.717, 1.165) is 5.56 Å². The number of carbonyl (C=O) groups is 2. The number of ether oxygens (including phenoxy) is 1. The Hall–Kier alpha value is -1.66.